The van der Waals surface area contributed by atoms with Gasteiger partial charge in [-0.15, -0.1) is 11.3 Å². The summed E-state index contributed by atoms with van der Waals surface area (Å²) in [5.74, 6) is 0.990. The molecule has 1 aromatic carbocycles. The van der Waals surface area contributed by atoms with Gasteiger partial charge in [0.25, 0.3) is 0 Å². The zero-order valence-electron chi connectivity index (χ0n) is 15.8. The maximum Gasteiger partial charge on any atom is 0.196 e. The fraction of sp³-hybridized carbons (Fsp3) is 0.409. The van der Waals surface area contributed by atoms with E-state index >= 15 is 0 Å². The first-order valence-corrected chi connectivity index (χ1v) is 9.83. The number of thiophene rings is 1. The predicted molar refractivity (Wildman–Crippen MR) is 108 cm³/mol. The molecule has 1 N–H and O–H groups in total. The Labute approximate surface area is 155 Å². The molecule has 0 bridgehead atoms. The highest BCUT2D eigenvalue weighted by molar-refractivity contribution is 7.12. The van der Waals surface area contributed by atoms with Crippen LogP contribution in [0.2, 0.25) is 0 Å². The summed E-state index contributed by atoms with van der Waals surface area (Å²) in [6, 6.07) is 3.80. The van der Waals surface area contributed by atoms with Crippen molar-refractivity contribution in [1.82, 2.24) is 0 Å². The highest BCUT2D eigenvalue weighted by Gasteiger charge is 2.16. The summed E-state index contributed by atoms with van der Waals surface area (Å²) in [6.07, 6.45) is 6.54. The number of aromatic hydroxyl groups is 1. The lowest BCUT2D eigenvalue weighted by atomic mass is 9.97. The van der Waals surface area contributed by atoms with Crippen molar-refractivity contribution >= 4 is 23.2 Å². The molecule has 0 saturated heterocycles. The Morgan fingerprint density at radius 2 is 1.88 bits per heavy atom. The molecular formula is C22H28O2S. The molecule has 3 heteroatoms. The van der Waals surface area contributed by atoms with Crippen molar-refractivity contribution < 1.29 is 9.90 Å². The van der Waals surface area contributed by atoms with Gasteiger partial charge in [-0.1, -0.05) is 33.3 Å². The lowest BCUT2D eigenvalue weighted by Gasteiger charge is -2.07. The molecule has 1 heterocycles. The molecule has 0 aliphatic carbocycles. The maximum atomic E-state index is 12.7. The summed E-state index contributed by atoms with van der Waals surface area (Å²) >= 11 is 1.57. The number of aryl methyl sites for hydroxylation is 2. The van der Waals surface area contributed by atoms with Gasteiger partial charge in [0.2, 0.25) is 0 Å². The highest BCUT2D eigenvalue weighted by atomic mass is 32.1. The molecule has 0 unspecified atom stereocenters. The molecule has 2 aromatic rings. The molecule has 0 fully saturated rings. The van der Waals surface area contributed by atoms with Crippen LogP contribution in [0.3, 0.4) is 0 Å². The topological polar surface area (TPSA) is 37.3 Å². The van der Waals surface area contributed by atoms with Gasteiger partial charge in [-0.25, -0.2) is 0 Å². The SMILES string of the molecule is CCCc1c(CC(C)C)csc1C(=O)C=Cc1cc(C)c(O)c(C)c1. The largest absolute Gasteiger partial charge is 0.507 e. The molecule has 2 rings (SSSR count). The van der Waals surface area contributed by atoms with E-state index in [0.29, 0.717) is 11.7 Å². The van der Waals surface area contributed by atoms with Crippen molar-refractivity contribution in [2.75, 3.05) is 0 Å². The third-order valence-electron chi connectivity index (χ3n) is 4.27. The molecule has 25 heavy (non-hydrogen) atoms. The Bertz CT molecular complexity index is 758. The van der Waals surface area contributed by atoms with Crippen molar-refractivity contribution in [3.05, 3.63) is 56.3 Å². The van der Waals surface area contributed by atoms with Crippen LogP contribution in [0, 0.1) is 19.8 Å². The lowest BCUT2D eigenvalue weighted by Crippen LogP contribution is -2.01. The molecule has 0 amide bonds. The number of ketones is 1. The van der Waals surface area contributed by atoms with E-state index in [1.54, 1.807) is 17.4 Å². The smallest absolute Gasteiger partial charge is 0.196 e. The number of carbonyl (C=O) groups excluding carboxylic acids is 1. The zero-order chi connectivity index (χ0) is 18.6. The first-order chi connectivity index (χ1) is 11.8. The van der Waals surface area contributed by atoms with Gasteiger partial charge >= 0.3 is 0 Å². The Morgan fingerprint density at radius 3 is 2.44 bits per heavy atom. The minimum atomic E-state index is 0.0758. The standard InChI is InChI=1S/C22H28O2S/c1-6-7-19-18(10-14(2)3)13-25-22(19)20(23)9-8-17-11-15(4)21(24)16(5)12-17/h8-9,11-14,24H,6-7,10H2,1-5H3. The van der Waals surface area contributed by atoms with E-state index < -0.39 is 0 Å². The average molecular weight is 357 g/mol. The van der Waals surface area contributed by atoms with Gasteiger partial charge in [-0.3, -0.25) is 4.79 Å². The molecule has 0 aliphatic heterocycles. The lowest BCUT2D eigenvalue weighted by molar-refractivity contribution is 0.105. The Kier molecular flexibility index (Phi) is 6.60. The first kappa shape index (κ1) is 19.5. The zero-order valence-corrected chi connectivity index (χ0v) is 16.7. The molecule has 0 spiro atoms. The molecule has 1 aromatic heterocycles. The first-order valence-electron chi connectivity index (χ1n) is 8.95. The molecular weight excluding hydrogens is 328 g/mol. The van der Waals surface area contributed by atoms with Crippen LogP contribution in [0.5, 0.6) is 5.75 Å². The number of hydrogen-bond donors (Lipinski definition) is 1. The van der Waals surface area contributed by atoms with Crippen molar-refractivity contribution in [3.63, 3.8) is 0 Å². The number of phenolic OH excluding ortho intramolecular Hbond substituents is 1. The third-order valence-corrected chi connectivity index (χ3v) is 5.36. The number of rotatable bonds is 7. The van der Waals surface area contributed by atoms with Crippen LogP contribution in [0.4, 0.5) is 0 Å². The summed E-state index contributed by atoms with van der Waals surface area (Å²) in [6.45, 7) is 10.3. The number of hydrogen-bond acceptors (Lipinski definition) is 3. The third kappa shape index (κ3) is 4.82. The van der Waals surface area contributed by atoms with Crippen LogP contribution in [0.1, 0.15) is 64.7 Å². The molecule has 0 aliphatic rings. The summed E-state index contributed by atoms with van der Waals surface area (Å²) < 4.78 is 0. The fourth-order valence-electron chi connectivity index (χ4n) is 3.09. The van der Waals surface area contributed by atoms with Crippen molar-refractivity contribution in [2.45, 2.75) is 53.9 Å². The summed E-state index contributed by atoms with van der Waals surface area (Å²) in [5, 5.41) is 12.0. The van der Waals surface area contributed by atoms with Crippen LogP contribution >= 0.6 is 11.3 Å². The maximum absolute atomic E-state index is 12.7. The average Bonchev–Trinajstić information content (AvgIpc) is 2.92. The number of benzene rings is 1. The second-order valence-electron chi connectivity index (χ2n) is 7.12. The fourth-order valence-corrected chi connectivity index (χ4v) is 4.15. The van der Waals surface area contributed by atoms with Crippen LogP contribution in [-0.2, 0) is 12.8 Å². The van der Waals surface area contributed by atoms with Crippen LogP contribution in [0.15, 0.2) is 23.6 Å². The van der Waals surface area contributed by atoms with Gasteiger partial charge in [0.1, 0.15) is 5.75 Å². The Balaban J connectivity index is 2.27. The quantitative estimate of drug-likeness (QED) is 0.479. The van der Waals surface area contributed by atoms with Crippen LogP contribution in [-0.4, -0.2) is 10.9 Å². The van der Waals surface area contributed by atoms with Crippen molar-refractivity contribution in [2.24, 2.45) is 5.92 Å². The van der Waals surface area contributed by atoms with Crippen LogP contribution < -0.4 is 0 Å². The number of allylic oxidation sites excluding steroid dienone is 1. The van der Waals surface area contributed by atoms with Gasteiger partial charge < -0.3 is 5.11 Å². The number of carbonyl (C=O) groups is 1. The Hall–Kier alpha value is -1.87. The van der Waals surface area contributed by atoms with Gasteiger partial charge in [0, 0.05) is 0 Å². The second-order valence-corrected chi connectivity index (χ2v) is 8.00. The van der Waals surface area contributed by atoms with E-state index in [-0.39, 0.29) is 5.78 Å². The summed E-state index contributed by atoms with van der Waals surface area (Å²) in [4.78, 5) is 13.6. The van der Waals surface area contributed by atoms with Crippen molar-refractivity contribution in [3.8, 4) is 5.75 Å². The molecule has 2 nitrogen and oxygen atoms in total. The van der Waals surface area contributed by atoms with E-state index in [1.807, 2.05) is 32.1 Å². The van der Waals surface area contributed by atoms with Gasteiger partial charge in [0.15, 0.2) is 5.78 Å². The normalized spacial score (nSPS) is 11.6. The van der Waals surface area contributed by atoms with E-state index in [9.17, 15) is 9.90 Å². The molecule has 0 radical (unpaired) electrons. The van der Waals surface area contributed by atoms with E-state index in [1.165, 1.54) is 11.1 Å². The van der Waals surface area contributed by atoms with Gasteiger partial charge in [-0.2, -0.15) is 0 Å². The van der Waals surface area contributed by atoms with E-state index in [4.69, 9.17) is 0 Å². The van der Waals surface area contributed by atoms with Gasteiger partial charge in [-0.05, 0) is 84.0 Å². The van der Waals surface area contributed by atoms with E-state index in [0.717, 1.165) is 40.8 Å². The summed E-state index contributed by atoms with van der Waals surface area (Å²) in [5.41, 5.74) is 5.16. The Morgan fingerprint density at radius 1 is 1.24 bits per heavy atom. The van der Waals surface area contributed by atoms with Gasteiger partial charge in [0.05, 0.1) is 4.88 Å². The van der Waals surface area contributed by atoms with E-state index in [2.05, 4.69) is 26.2 Å². The minimum Gasteiger partial charge on any atom is -0.507 e. The van der Waals surface area contributed by atoms with Crippen molar-refractivity contribution in [1.29, 1.82) is 0 Å². The highest BCUT2D eigenvalue weighted by Crippen LogP contribution is 2.28. The van der Waals surface area contributed by atoms with Crippen LogP contribution in [0.25, 0.3) is 6.08 Å². The molecule has 0 saturated carbocycles. The molecule has 0 atom stereocenters. The summed E-state index contributed by atoms with van der Waals surface area (Å²) in [7, 11) is 0. The predicted octanol–water partition coefficient (Wildman–Crippen LogP) is 6.12. The number of phenols is 1. The second kappa shape index (κ2) is 8.48. The molecule has 134 valence electrons. The minimum absolute atomic E-state index is 0.0758. The monoisotopic (exact) mass is 356 g/mol.